The summed E-state index contributed by atoms with van der Waals surface area (Å²) in [5.41, 5.74) is 6.65. The normalized spacial score (nSPS) is 12.7. The van der Waals surface area contributed by atoms with Crippen molar-refractivity contribution >= 4 is 40.9 Å². The maximum Gasteiger partial charge on any atom is 0.243 e. The number of halogens is 3. The zero-order valence-electron chi connectivity index (χ0n) is 15.5. The van der Waals surface area contributed by atoms with Gasteiger partial charge in [0.1, 0.15) is 17.9 Å². The second-order valence-corrected chi connectivity index (χ2v) is 7.33. The standard InChI is InChI=1S/C20H20Cl2FN3O3/c1-11(27)25-18(8-12-2-6-15(23)7-3-12)20(29)26-17(19(24)28)9-13-4-5-14(21)10-16(13)22/h2-7,10,17-18H,8-9H2,1H3,(H2,24,28)(H,25,27)(H,26,29)/t17-,18-/m1/s1. The van der Waals surface area contributed by atoms with E-state index in [9.17, 15) is 18.8 Å². The number of nitrogens with one attached hydrogen (secondary N) is 2. The molecule has 2 atom stereocenters. The molecule has 0 heterocycles. The monoisotopic (exact) mass is 439 g/mol. The van der Waals surface area contributed by atoms with Crippen molar-refractivity contribution in [3.63, 3.8) is 0 Å². The van der Waals surface area contributed by atoms with E-state index in [1.165, 1.54) is 37.3 Å². The number of amides is 3. The van der Waals surface area contributed by atoms with E-state index in [1.54, 1.807) is 12.1 Å². The molecule has 2 rings (SSSR count). The lowest BCUT2D eigenvalue weighted by Crippen LogP contribution is -2.54. The lowest BCUT2D eigenvalue weighted by molar-refractivity contribution is -0.130. The Morgan fingerprint density at radius 3 is 2.21 bits per heavy atom. The van der Waals surface area contributed by atoms with Gasteiger partial charge in [-0.1, -0.05) is 41.4 Å². The average Bonchev–Trinajstić information content (AvgIpc) is 2.63. The third-order valence-corrected chi connectivity index (χ3v) is 4.73. The molecule has 0 spiro atoms. The van der Waals surface area contributed by atoms with Gasteiger partial charge in [0, 0.05) is 29.8 Å². The molecule has 0 radical (unpaired) electrons. The van der Waals surface area contributed by atoms with E-state index in [4.69, 9.17) is 28.9 Å². The molecule has 2 aromatic carbocycles. The SMILES string of the molecule is CC(=O)N[C@H](Cc1ccc(F)cc1)C(=O)N[C@H](Cc1ccc(Cl)cc1Cl)C(N)=O. The van der Waals surface area contributed by atoms with E-state index in [0.29, 0.717) is 21.2 Å². The number of carbonyl (C=O) groups excluding carboxylic acids is 3. The first-order valence-corrected chi connectivity index (χ1v) is 9.46. The number of benzene rings is 2. The predicted molar refractivity (Wildman–Crippen MR) is 109 cm³/mol. The number of hydrogen-bond donors (Lipinski definition) is 3. The van der Waals surface area contributed by atoms with Crippen LogP contribution in [-0.2, 0) is 27.2 Å². The summed E-state index contributed by atoms with van der Waals surface area (Å²) in [6.45, 7) is 1.27. The minimum absolute atomic E-state index is 0.0560. The van der Waals surface area contributed by atoms with Gasteiger partial charge in [0.15, 0.2) is 0 Å². The molecule has 9 heteroatoms. The van der Waals surface area contributed by atoms with Gasteiger partial charge in [-0.2, -0.15) is 0 Å². The molecule has 3 amide bonds. The van der Waals surface area contributed by atoms with Crippen LogP contribution in [0.25, 0.3) is 0 Å². The van der Waals surface area contributed by atoms with Crippen LogP contribution < -0.4 is 16.4 Å². The summed E-state index contributed by atoms with van der Waals surface area (Å²) < 4.78 is 13.1. The Kier molecular flexibility index (Phi) is 7.99. The summed E-state index contributed by atoms with van der Waals surface area (Å²) in [5.74, 6) is -2.20. The number of hydrogen-bond acceptors (Lipinski definition) is 3. The first kappa shape index (κ1) is 22.6. The van der Waals surface area contributed by atoms with Crippen LogP contribution in [0.3, 0.4) is 0 Å². The Morgan fingerprint density at radius 1 is 1.00 bits per heavy atom. The van der Waals surface area contributed by atoms with Gasteiger partial charge in [-0.05, 0) is 35.4 Å². The summed E-state index contributed by atoms with van der Waals surface area (Å²) in [6.07, 6.45) is 0.166. The summed E-state index contributed by atoms with van der Waals surface area (Å²) in [7, 11) is 0. The fourth-order valence-corrected chi connectivity index (χ4v) is 3.20. The van der Waals surface area contributed by atoms with Crippen molar-refractivity contribution in [3.05, 3.63) is 69.5 Å². The molecule has 2 aromatic rings. The fraction of sp³-hybridized carbons (Fsp3) is 0.250. The topological polar surface area (TPSA) is 101 Å². The molecule has 0 saturated carbocycles. The molecular formula is C20H20Cl2FN3O3. The molecule has 6 nitrogen and oxygen atoms in total. The smallest absolute Gasteiger partial charge is 0.243 e. The van der Waals surface area contributed by atoms with E-state index < -0.39 is 35.6 Å². The molecule has 0 aliphatic rings. The highest BCUT2D eigenvalue weighted by atomic mass is 35.5. The van der Waals surface area contributed by atoms with Gasteiger partial charge in [0.05, 0.1) is 0 Å². The lowest BCUT2D eigenvalue weighted by atomic mass is 10.0. The number of nitrogens with two attached hydrogens (primary N) is 1. The maximum absolute atomic E-state index is 13.1. The van der Waals surface area contributed by atoms with Gasteiger partial charge >= 0.3 is 0 Å². The summed E-state index contributed by atoms with van der Waals surface area (Å²) in [5, 5.41) is 5.85. The fourth-order valence-electron chi connectivity index (χ4n) is 2.71. The Labute approximate surface area is 177 Å². The van der Waals surface area contributed by atoms with E-state index in [1.807, 2.05) is 0 Å². The van der Waals surface area contributed by atoms with Gasteiger partial charge < -0.3 is 16.4 Å². The van der Waals surface area contributed by atoms with Crippen LogP contribution in [0.15, 0.2) is 42.5 Å². The molecule has 0 fully saturated rings. The minimum atomic E-state index is -1.05. The van der Waals surface area contributed by atoms with Crippen molar-refractivity contribution in [1.82, 2.24) is 10.6 Å². The van der Waals surface area contributed by atoms with Crippen molar-refractivity contribution in [2.24, 2.45) is 5.73 Å². The quantitative estimate of drug-likeness (QED) is 0.588. The average molecular weight is 440 g/mol. The van der Waals surface area contributed by atoms with Crippen molar-refractivity contribution < 1.29 is 18.8 Å². The minimum Gasteiger partial charge on any atom is -0.368 e. The number of carbonyl (C=O) groups is 3. The van der Waals surface area contributed by atoms with Crippen molar-refractivity contribution in [2.45, 2.75) is 31.8 Å². The van der Waals surface area contributed by atoms with Gasteiger partial charge in [0.2, 0.25) is 17.7 Å². The predicted octanol–water partition coefficient (Wildman–Crippen LogP) is 2.39. The summed E-state index contributed by atoms with van der Waals surface area (Å²) in [6, 6.07) is 8.28. The van der Waals surface area contributed by atoms with Crippen LogP contribution in [0.5, 0.6) is 0 Å². The Bertz CT molecular complexity index is 906. The van der Waals surface area contributed by atoms with Gasteiger partial charge in [-0.3, -0.25) is 14.4 Å². The third kappa shape index (κ3) is 7.03. The van der Waals surface area contributed by atoms with Crippen molar-refractivity contribution in [3.8, 4) is 0 Å². The van der Waals surface area contributed by atoms with Crippen LogP contribution in [0, 0.1) is 5.82 Å². The molecule has 4 N–H and O–H groups in total. The molecule has 0 bridgehead atoms. The Hall–Kier alpha value is -2.64. The van der Waals surface area contributed by atoms with Crippen LogP contribution in [-0.4, -0.2) is 29.8 Å². The van der Waals surface area contributed by atoms with E-state index in [-0.39, 0.29) is 12.8 Å². The van der Waals surface area contributed by atoms with Crippen LogP contribution in [0.4, 0.5) is 4.39 Å². The first-order chi connectivity index (χ1) is 13.7. The second kappa shape index (κ2) is 10.2. The summed E-state index contributed by atoms with van der Waals surface area (Å²) >= 11 is 12.0. The molecule has 0 unspecified atom stereocenters. The van der Waals surface area contributed by atoms with Gasteiger partial charge in [-0.25, -0.2) is 4.39 Å². The number of primary amides is 1. The van der Waals surface area contributed by atoms with Crippen molar-refractivity contribution in [2.75, 3.05) is 0 Å². The van der Waals surface area contributed by atoms with E-state index in [0.717, 1.165) is 0 Å². The third-order valence-electron chi connectivity index (χ3n) is 4.15. The van der Waals surface area contributed by atoms with Gasteiger partial charge in [-0.15, -0.1) is 0 Å². The highest BCUT2D eigenvalue weighted by molar-refractivity contribution is 6.35. The van der Waals surface area contributed by atoms with E-state index in [2.05, 4.69) is 10.6 Å². The second-order valence-electron chi connectivity index (χ2n) is 6.49. The Morgan fingerprint density at radius 2 is 1.66 bits per heavy atom. The number of rotatable bonds is 8. The lowest BCUT2D eigenvalue weighted by Gasteiger charge is -2.22. The molecule has 29 heavy (non-hydrogen) atoms. The van der Waals surface area contributed by atoms with Crippen LogP contribution >= 0.6 is 23.2 Å². The van der Waals surface area contributed by atoms with Crippen molar-refractivity contribution in [1.29, 1.82) is 0 Å². The largest absolute Gasteiger partial charge is 0.368 e. The molecular weight excluding hydrogens is 420 g/mol. The highest BCUT2D eigenvalue weighted by Crippen LogP contribution is 2.22. The van der Waals surface area contributed by atoms with Crippen LogP contribution in [0.1, 0.15) is 18.1 Å². The molecule has 0 aromatic heterocycles. The maximum atomic E-state index is 13.1. The zero-order chi connectivity index (χ0) is 21.6. The van der Waals surface area contributed by atoms with Gasteiger partial charge in [0.25, 0.3) is 0 Å². The van der Waals surface area contributed by atoms with Crippen LogP contribution in [0.2, 0.25) is 10.0 Å². The molecule has 0 aliphatic heterocycles. The van der Waals surface area contributed by atoms with E-state index >= 15 is 0 Å². The summed E-state index contributed by atoms with van der Waals surface area (Å²) in [4.78, 5) is 36.1. The first-order valence-electron chi connectivity index (χ1n) is 8.71. The zero-order valence-corrected chi connectivity index (χ0v) is 17.1. The Balaban J connectivity index is 2.15. The molecule has 0 aliphatic carbocycles. The molecule has 154 valence electrons. The highest BCUT2D eigenvalue weighted by Gasteiger charge is 2.26. The molecule has 0 saturated heterocycles.